The Balaban J connectivity index is 1.58. The van der Waals surface area contributed by atoms with E-state index in [-0.39, 0.29) is 17.4 Å². The number of para-hydroxylation sites is 1. The van der Waals surface area contributed by atoms with E-state index in [1.54, 1.807) is 11.3 Å². The number of thiazole rings is 1. The van der Waals surface area contributed by atoms with Gasteiger partial charge in [0.25, 0.3) is 0 Å². The molecule has 1 aliphatic heterocycles. The van der Waals surface area contributed by atoms with Gasteiger partial charge >= 0.3 is 6.18 Å². The number of piperidine rings is 1. The molecule has 1 aliphatic rings. The highest BCUT2D eigenvalue weighted by atomic mass is 32.2. The molecule has 3 aromatic rings. The van der Waals surface area contributed by atoms with E-state index in [9.17, 15) is 21.6 Å². The zero-order chi connectivity index (χ0) is 19.9. The Hall–Kier alpha value is -1.97. The number of benzene rings is 2. The predicted molar refractivity (Wildman–Crippen MR) is 102 cm³/mol. The maximum absolute atomic E-state index is 12.9. The lowest BCUT2D eigenvalue weighted by Gasteiger charge is -2.31. The van der Waals surface area contributed by atoms with Gasteiger partial charge in [0.05, 0.1) is 25.7 Å². The molecule has 0 spiro atoms. The number of hydrogen-bond acceptors (Lipinski definition) is 4. The average molecular weight is 426 g/mol. The van der Waals surface area contributed by atoms with Crippen molar-refractivity contribution in [1.29, 1.82) is 0 Å². The van der Waals surface area contributed by atoms with Crippen LogP contribution in [-0.2, 0) is 16.2 Å². The van der Waals surface area contributed by atoms with Crippen molar-refractivity contribution in [3.05, 3.63) is 59.1 Å². The molecule has 0 bridgehead atoms. The molecule has 148 valence electrons. The molecular formula is C19H17F3N2O2S2. The second-order valence-electron chi connectivity index (χ2n) is 6.74. The highest BCUT2D eigenvalue weighted by Gasteiger charge is 2.34. The fourth-order valence-corrected chi connectivity index (χ4v) is 6.01. The van der Waals surface area contributed by atoms with Crippen molar-refractivity contribution in [3.63, 3.8) is 0 Å². The van der Waals surface area contributed by atoms with Gasteiger partial charge in [-0.1, -0.05) is 12.1 Å². The SMILES string of the molecule is O=S(=O)(c1ccc(C(F)(F)F)cc1)N1CCC[C@H](c2nc3ccccc3s2)C1. The summed E-state index contributed by atoms with van der Waals surface area (Å²) in [4.78, 5) is 4.52. The molecule has 9 heteroatoms. The van der Waals surface area contributed by atoms with E-state index in [0.29, 0.717) is 13.0 Å². The number of hydrogen-bond donors (Lipinski definition) is 0. The van der Waals surface area contributed by atoms with E-state index in [0.717, 1.165) is 45.9 Å². The van der Waals surface area contributed by atoms with Crippen LogP contribution in [0.1, 0.15) is 29.3 Å². The Morgan fingerprint density at radius 1 is 1.07 bits per heavy atom. The van der Waals surface area contributed by atoms with Crippen LogP contribution in [0.15, 0.2) is 53.4 Å². The quantitative estimate of drug-likeness (QED) is 0.600. The highest BCUT2D eigenvalue weighted by molar-refractivity contribution is 7.89. The average Bonchev–Trinajstić information content (AvgIpc) is 3.12. The Bertz CT molecular complexity index is 1060. The Kier molecular flexibility index (Phi) is 4.93. The second-order valence-corrected chi connectivity index (χ2v) is 9.74. The molecule has 1 saturated heterocycles. The third-order valence-corrected chi connectivity index (χ3v) is 7.94. The van der Waals surface area contributed by atoms with E-state index in [1.807, 2.05) is 24.3 Å². The lowest BCUT2D eigenvalue weighted by molar-refractivity contribution is -0.137. The summed E-state index contributed by atoms with van der Waals surface area (Å²) in [5, 5.41) is 0.897. The van der Waals surface area contributed by atoms with Gasteiger partial charge in [0.1, 0.15) is 0 Å². The van der Waals surface area contributed by atoms with E-state index < -0.39 is 21.8 Å². The van der Waals surface area contributed by atoms with Crippen molar-refractivity contribution in [3.8, 4) is 0 Å². The molecule has 2 aromatic carbocycles. The van der Waals surface area contributed by atoms with E-state index >= 15 is 0 Å². The Labute approximate surface area is 164 Å². The maximum Gasteiger partial charge on any atom is 0.416 e. The van der Waals surface area contributed by atoms with Gasteiger partial charge < -0.3 is 0 Å². The molecule has 0 N–H and O–H groups in total. The standard InChI is InChI=1S/C19H17F3N2O2S2/c20-19(21,22)14-7-9-15(10-8-14)28(25,26)24-11-3-4-13(12-24)18-23-16-5-1-2-6-17(16)27-18/h1-2,5-10,13H,3-4,11-12H2/t13-/m0/s1. The zero-order valence-electron chi connectivity index (χ0n) is 14.7. The summed E-state index contributed by atoms with van der Waals surface area (Å²) in [7, 11) is -3.85. The summed E-state index contributed by atoms with van der Waals surface area (Å²) in [6, 6.07) is 11.4. The lowest BCUT2D eigenvalue weighted by Crippen LogP contribution is -2.39. The van der Waals surface area contributed by atoms with Crippen LogP contribution in [0, 0.1) is 0 Å². The van der Waals surface area contributed by atoms with Crippen LogP contribution in [0.5, 0.6) is 0 Å². The van der Waals surface area contributed by atoms with Gasteiger partial charge in [-0.15, -0.1) is 11.3 Å². The summed E-state index contributed by atoms with van der Waals surface area (Å²) < 4.78 is 66.5. The summed E-state index contributed by atoms with van der Waals surface area (Å²) in [6.45, 7) is 0.633. The number of alkyl halides is 3. The van der Waals surface area contributed by atoms with Gasteiger partial charge in [0, 0.05) is 19.0 Å². The van der Waals surface area contributed by atoms with Crippen molar-refractivity contribution in [2.45, 2.75) is 29.8 Å². The molecule has 4 rings (SSSR count). The summed E-state index contributed by atoms with van der Waals surface area (Å²) >= 11 is 1.56. The third-order valence-electron chi connectivity index (χ3n) is 4.86. The Morgan fingerprint density at radius 3 is 2.46 bits per heavy atom. The van der Waals surface area contributed by atoms with Gasteiger partial charge in [0.2, 0.25) is 10.0 Å². The first-order chi connectivity index (χ1) is 13.2. The van der Waals surface area contributed by atoms with Crippen molar-refractivity contribution >= 4 is 31.6 Å². The van der Waals surface area contributed by atoms with Crippen LogP contribution in [0.4, 0.5) is 13.2 Å². The number of nitrogens with zero attached hydrogens (tertiary/aromatic N) is 2. The molecule has 0 amide bonds. The molecule has 0 unspecified atom stereocenters. The van der Waals surface area contributed by atoms with E-state index in [2.05, 4.69) is 4.98 Å². The number of aromatic nitrogens is 1. The molecule has 4 nitrogen and oxygen atoms in total. The molecule has 0 radical (unpaired) electrons. The first kappa shape index (κ1) is 19.4. The minimum Gasteiger partial charge on any atom is -0.241 e. The summed E-state index contributed by atoms with van der Waals surface area (Å²) in [5.41, 5.74) is 0.0302. The fraction of sp³-hybridized carbons (Fsp3) is 0.316. The molecule has 0 saturated carbocycles. The third kappa shape index (κ3) is 3.66. The molecular weight excluding hydrogens is 409 g/mol. The second kappa shape index (κ2) is 7.13. The molecule has 1 atom stereocenters. The normalized spacial score (nSPS) is 19.2. The van der Waals surface area contributed by atoms with Gasteiger partial charge in [0.15, 0.2) is 0 Å². The highest BCUT2D eigenvalue weighted by Crippen LogP contribution is 2.35. The number of halogens is 3. The van der Waals surface area contributed by atoms with Crippen LogP contribution in [0.3, 0.4) is 0 Å². The summed E-state index contributed by atoms with van der Waals surface area (Å²) in [5.74, 6) is -0.0182. The molecule has 2 heterocycles. The largest absolute Gasteiger partial charge is 0.416 e. The molecule has 1 fully saturated rings. The molecule has 0 aliphatic carbocycles. The van der Waals surface area contributed by atoms with Crippen LogP contribution in [-0.4, -0.2) is 30.8 Å². The van der Waals surface area contributed by atoms with Gasteiger partial charge in [-0.05, 0) is 49.2 Å². The topological polar surface area (TPSA) is 50.3 Å². The number of sulfonamides is 1. The molecule has 1 aromatic heterocycles. The summed E-state index contributed by atoms with van der Waals surface area (Å²) in [6.07, 6.45) is -2.98. The van der Waals surface area contributed by atoms with Gasteiger partial charge in [-0.3, -0.25) is 0 Å². The van der Waals surface area contributed by atoms with Crippen molar-refractivity contribution < 1.29 is 21.6 Å². The Morgan fingerprint density at radius 2 is 1.79 bits per heavy atom. The maximum atomic E-state index is 12.9. The predicted octanol–water partition coefficient (Wildman–Crippen LogP) is 4.88. The van der Waals surface area contributed by atoms with Crippen LogP contribution < -0.4 is 0 Å². The number of rotatable bonds is 3. The lowest BCUT2D eigenvalue weighted by atomic mass is 10.0. The van der Waals surface area contributed by atoms with Gasteiger partial charge in [-0.2, -0.15) is 17.5 Å². The minimum atomic E-state index is -4.49. The monoisotopic (exact) mass is 426 g/mol. The van der Waals surface area contributed by atoms with Crippen molar-refractivity contribution in [2.75, 3.05) is 13.1 Å². The minimum absolute atomic E-state index is 0.0182. The first-order valence-electron chi connectivity index (χ1n) is 8.78. The van der Waals surface area contributed by atoms with E-state index in [4.69, 9.17) is 0 Å². The fourth-order valence-electron chi connectivity index (χ4n) is 3.39. The first-order valence-corrected chi connectivity index (χ1v) is 11.0. The van der Waals surface area contributed by atoms with Crippen LogP contribution in [0.25, 0.3) is 10.2 Å². The van der Waals surface area contributed by atoms with Gasteiger partial charge in [-0.25, -0.2) is 13.4 Å². The number of fused-ring (bicyclic) bond motifs is 1. The van der Waals surface area contributed by atoms with Crippen molar-refractivity contribution in [1.82, 2.24) is 9.29 Å². The van der Waals surface area contributed by atoms with E-state index in [1.165, 1.54) is 4.31 Å². The van der Waals surface area contributed by atoms with Crippen molar-refractivity contribution in [2.24, 2.45) is 0 Å². The zero-order valence-corrected chi connectivity index (χ0v) is 16.3. The smallest absolute Gasteiger partial charge is 0.241 e. The molecule has 28 heavy (non-hydrogen) atoms. The van der Waals surface area contributed by atoms with Crippen LogP contribution in [0.2, 0.25) is 0 Å². The van der Waals surface area contributed by atoms with Crippen LogP contribution >= 0.6 is 11.3 Å².